The molecule has 4 heterocycles. The van der Waals surface area contributed by atoms with Gasteiger partial charge in [-0.25, -0.2) is 15.0 Å². The van der Waals surface area contributed by atoms with Gasteiger partial charge < -0.3 is 4.74 Å². The van der Waals surface area contributed by atoms with Crippen LogP contribution in [-0.2, 0) is 0 Å². The number of fused-ring (bicyclic) bond motifs is 8. The van der Waals surface area contributed by atoms with Gasteiger partial charge in [0.1, 0.15) is 11.3 Å². The zero-order valence-corrected chi connectivity index (χ0v) is 35.2. The molecule has 0 amide bonds. The molecule has 2 unspecified atom stereocenters. The molecule has 296 valence electrons. The average Bonchev–Trinajstić information content (AvgIpc) is 3.87. The zero-order chi connectivity index (χ0) is 41.4. The topological polar surface area (TPSA) is 47.9 Å². The van der Waals surface area contributed by atoms with E-state index in [2.05, 4.69) is 196 Å². The van der Waals surface area contributed by atoms with Crippen molar-refractivity contribution in [3.8, 4) is 50.9 Å². The van der Waals surface area contributed by atoms with Crippen molar-refractivity contribution < 1.29 is 4.74 Å². The van der Waals surface area contributed by atoms with Crippen LogP contribution in [0.1, 0.15) is 42.9 Å². The molecule has 62 heavy (non-hydrogen) atoms. The van der Waals surface area contributed by atoms with Gasteiger partial charge in [-0.3, -0.25) is 0 Å². The molecule has 0 saturated heterocycles. The van der Waals surface area contributed by atoms with Crippen LogP contribution in [0.5, 0.6) is 5.75 Å². The van der Waals surface area contributed by atoms with E-state index in [1.807, 2.05) is 17.4 Å². The predicted molar refractivity (Wildman–Crippen MR) is 258 cm³/mol. The van der Waals surface area contributed by atoms with Gasteiger partial charge in [-0.2, -0.15) is 0 Å². The summed E-state index contributed by atoms with van der Waals surface area (Å²) in [6, 6.07) is 53.8. The molecule has 3 aromatic heterocycles. The third kappa shape index (κ3) is 6.07. The van der Waals surface area contributed by atoms with E-state index in [9.17, 15) is 0 Å². The summed E-state index contributed by atoms with van der Waals surface area (Å²) in [5.41, 5.74) is 13.2. The Morgan fingerprint density at radius 1 is 0.661 bits per heavy atom. The van der Waals surface area contributed by atoms with Gasteiger partial charge in [0.15, 0.2) is 11.6 Å². The number of nitrogens with zero attached hydrogens (tertiary/aromatic N) is 3. The van der Waals surface area contributed by atoms with Gasteiger partial charge in [0.2, 0.25) is 0 Å². The first kappa shape index (κ1) is 36.6. The van der Waals surface area contributed by atoms with Gasteiger partial charge in [0.25, 0.3) is 0 Å². The minimum atomic E-state index is -0.479. The highest BCUT2D eigenvalue weighted by atomic mass is 32.1. The second-order valence-electron chi connectivity index (χ2n) is 16.9. The highest BCUT2D eigenvalue weighted by Crippen LogP contribution is 2.54. The van der Waals surface area contributed by atoms with E-state index in [4.69, 9.17) is 19.7 Å². The van der Waals surface area contributed by atoms with Crippen LogP contribution in [0.2, 0.25) is 0 Å². The van der Waals surface area contributed by atoms with Crippen molar-refractivity contribution in [2.45, 2.75) is 31.8 Å². The Bertz CT molecular complexity index is 3400. The summed E-state index contributed by atoms with van der Waals surface area (Å²) < 4.78 is 9.54. The molecule has 2 aliphatic carbocycles. The maximum absolute atomic E-state index is 7.04. The lowest BCUT2D eigenvalue weighted by atomic mass is 9.80. The van der Waals surface area contributed by atoms with Gasteiger partial charge in [-0.15, -0.1) is 11.3 Å². The van der Waals surface area contributed by atoms with Gasteiger partial charge in [-0.05, 0) is 53.8 Å². The van der Waals surface area contributed by atoms with E-state index in [1.165, 1.54) is 42.4 Å². The van der Waals surface area contributed by atoms with Crippen molar-refractivity contribution in [2.75, 3.05) is 0 Å². The SMILES string of the molecule is CC1C=C(c2ccccc2)C=CC1c1ccc2c3c(c(-c4cccc(-c5nc(-c6ccccc6)cc(-c6cccc7c6sc6ccccc67)n5)c4)nc2c1)O[C@@]1(C)CC=CC=C31. The van der Waals surface area contributed by atoms with Crippen LogP contribution in [0.25, 0.3) is 87.4 Å². The number of hydrogen-bond acceptors (Lipinski definition) is 5. The van der Waals surface area contributed by atoms with E-state index in [1.54, 1.807) is 0 Å². The van der Waals surface area contributed by atoms with Crippen molar-refractivity contribution in [3.63, 3.8) is 0 Å². The van der Waals surface area contributed by atoms with E-state index in [0.717, 1.165) is 68.0 Å². The van der Waals surface area contributed by atoms with Crippen LogP contribution >= 0.6 is 11.3 Å². The van der Waals surface area contributed by atoms with E-state index < -0.39 is 5.60 Å². The van der Waals surface area contributed by atoms with Crippen molar-refractivity contribution >= 4 is 53.6 Å². The molecule has 9 aromatic rings. The van der Waals surface area contributed by atoms with E-state index >= 15 is 0 Å². The number of thiophene rings is 1. The van der Waals surface area contributed by atoms with Crippen molar-refractivity contribution in [3.05, 3.63) is 205 Å². The largest absolute Gasteiger partial charge is 0.480 e. The third-order valence-electron chi connectivity index (χ3n) is 12.9. The number of benzene rings is 6. The maximum Gasteiger partial charge on any atom is 0.160 e. The summed E-state index contributed by atoms with van der Waals surface area (Å²) in [5, 5.41) is 3.62. The Balaban J connectivity index is 1.00. The van der Waals surface area contributed by atoms with Gasteiger partial charge in [0.05, 0.1) is 16.9 Å². The van der Waals surface area contributed by atoms with Crippen LogP contribution in [0, 0.1) is 5.92 Å². The zero-order valence-electron chi connectivity index (χ0n) is 34.4. The number of aromatic nitrogens is 3. The van der Waals surface area contributed by atoms with E-state index in [-0.39, 0.29) is 5.92 Å². The Labute approximate surface area is 365 Å². The monoisotopic (exact) mass is 815 g/mol. The second-order valence-corrected chi connectivity index (χ2v) is 18.0. The second kappa shape index (κ2) is 14.5. The lowest BCUT2D eigenvalue weighted by Gasteiger charge is -2.26. The fourth-order valence-electron chi connectivity index (χ4n) is 9.74. The normalized spacial score (nSPS) is 19.0. The molecule has 1 aliphatic heterocycles. The summed E-state index contributed by atoms with van der Waals surface area (Å²) in [5.74, 6) is 2.04. The first-order chi connectivity index (χ1) is 30.5. The number of ether oxygens (including phenoxy) is 1. The quantitative estimate of drug-likeness (QED) is 0.168. The maximum atomic E-state index is 7.04. The van der Waals surface area contributed by atoms with Crippen LogP contribution in [0.4, 0.5) is 0 Å². The fourth-order valence-corrected chi connectivity index (χ4v) is 11.0. The summed E-state index contributed by atoms with van der Waals surface area (Å²) >= 11 is 1.82. The van der Waals surface area contributed by atoms with Crippen LogP contribution in [0.3, 0.4) is 0 Å². The molecule has 0 fully saturated rings. The molecule has 0 N–H and O–H groups in total. The Morgan fingerprint density at radius 3 is 2.26 bits per heavy atom. The number of rotatable bonds is 6. The molecule has 12 rings (SSSR count). The standard InChI is InChI=1S/C57H41N3OS/c1-35-31-38(36-15-5-3-6-16-36)26-28-42(35)39-27-29-45-49(33-39)58-53(54-52(45)47-24-11-12-30-57(47,2)61-54)40-19-13-20-41(32-40)56-59-48(37-17-7-4-8-18-37)34-50(60-56)46-23-14-22-44-43-21-9-10-25-51(43)62-55(44)46/h3-29,31-35,42H,30H2,1-2H3/t35?,42?,57-/m0/s1. The number of hydrogen-bond donors (Lipinski definition) is 0. The molecular formula is C57H41N3OS. The van der Waals surface area contributed by atoms with Crippen LogP contribution in [-0.4, -0.2) is 20.6 Å². The van der Waals surface area contributed by atoms with Gasteiger partial charge in [0, 0.05) is 71.3 Å². The molecule has 3 atom stereocenters. The van der Waals surface area contributed by atoms with Gasteiger partial charge in [-0.1, -0.05) is 171 Å². The van der Waals surface area contributed by atoms with E-state index in [0.29, 0.717) is 11.7 Å². The van der Waals surface area contributed by atoms with Crippen LogP contribution in [0.15, 0.2) is 188 Å². The highest BCUT2D eigenvalue weighted by molar-refractivity contribution is 7.26. The lowest BCUT2D eigenvalue weighted by molar-refractivity contribution is 0.170. The smallest absolute Gasteiger partial charge is 0.160 e. The first-order valence-electron chi connectivity index (χ1n) is 21.4. The molecule has 3 aliphatic rings. The molecule has 4 nitrogen and oxygen atoms in total. The Hall–Kier alpha value is -7.21. The fraction of sp³-hybridized carbons (Fsp3) is 0.105. The minimum Gasteiger partial charge on any atom is -0.480 e. The minimum absolute atomic E-state index is 0.230. The predicted octanol–water partition coefficient (Wildman–Crippen LogP) is 14.9. The van der Waals surface area contributed by atoms with Crippen molar-refractivity contribution in [1.82, 2.24) is 15.0 Å². The Kier molecular flexibility index (Phi) is 8.55. The highest BCUT2D eigenvalue weighted by Gasteiger charge is 2.43. The lowest BCUT2D eigenvalue weighted by Crippen LogP contribution is -2.29. The van der Waals surface area contributed by atoms with Crippen molar-refractivity contribution in [1.29, 1.82) is 0 Å². The van der Waals surface area contributed by atoms with Gasteiger partial charge >= 0.3 is 0 Å². The molecule has 6 aromatic carbocycles. The molecule has 0 radical (unpaired) electrons. The molecule has 0 spiro atoms. The molecule has 0 bridgehead atoms. The summed E-state index contributed by atoms with van der Waals surface area (Å²) in [6.45, 7) is 4.52. The van der Waals surface area contributed by atoms with Crippen LogP contribution < -0.4 is 4.74 Å². The summed E-state index contributed by atoms with van der Waals surface area (Å²) in [6.07, 6.45) is 14.4. The number of allylic oxidation sites excluding steroid dienone is 6. The summed E-state index contributed by atoms with van der Waals surface area (Å²) in [7, 11) is 0. The first-order valence-corrected chi connectivity index (χ1v) is 22.2. The van der Waals surface area contributed by atoms with Crippen molar-refractivity contribution in [2.24, 2.45) is 5.92 Å². The molecule has 0 saturated carbocycles. The third-order valence-corrected chi connectivity index (χ3v) is 14.1. The average molecular weight is 816 g/mol. The summed E-state index contributed by atoms with van der Waals surface area (Å²) in [4.78, 5) is 16.1. The number of pyridine rings is 1. The Morgan fingerprint density at radius 2 is 1.40 bits per heavy atom. The molecule has 5 heteroatoms. The molecular weight excluding hydrogens is 775 g/mol.